The van der Waals surface area contributed by atoms with E-state index in [9.17, 15) is 4.79 Å². The molecule has 1 saturated carbocycles. The minimum Gasteiger partial charge on any atom is -0.492 e. The minimum atomic E-state index is -0.427. The quantitative estimate of drug-likeness (QED) is 0.785. The van der Waals surface area contributed by atoms with Gasteiger partial charge in [-0.25, -0.2) is 0 Å². The fourth-order valence-corrected chi connectivity index (χ4v) is 3.54. The molecule has 2 aromatic rings. The smallest absolute Gasteiger partial charge is 0.231 e. The number of hydrogen-bond acceptors (Lipinski definition) is 4. The molecule has 26 heavy (non-hydrogen) atoms. The first-order chi connectivity index (χ1) is 12.7. The second-order valence-corrected chi connectivity index (χ2v) is 7.00. The van der Waals surface area contributed by atoms with Gasteiger partial charge in [0.1, 0.15) is 12.4 Å². The molecule has 5 nitrogen and oxygen atoms in total. The van der Waals surface area contributed by atoms with Crippen LogP contribution in [0.3, 0.4) is 0 Å². The molecule has 136 valence electrons. The third-order valence-corrected chi connectivity index (χ3v) is 5.29. The van der Waals surface area contributed by atoms with Gasteiger partial charge < -0.3 is 19.5 Å². The van der Waals surface area contributed by atoms with E-state index in [0.717, 1.165) is 30.6 Å². The van der Waals surface area contributed by atoms with E-state index in [1.807, 2.05) is 36.4 Å². The summed E-state index contributed by atoms with van der Waals surface area (Å²) in [6.07, 6.45) is 2.79. The van der Waals surface area contributed by atoms with Crippen LogP contribution in [0, 0.1) is 0 Å². The van der Waals surface area contributed by atoms with Crippen LogP contribution in [0.5, 0.6) is 17.2 Å². The number of amides is 1. The van der Waals surface area contributed by atoms with Crippen LogP contribution in [0.15, 0.2) is 42.5 Å². The highest BCUT2D eigenvalue weighted by Gasteiger charge is 2.45. The molecule has 0 atom stereocenters. The third-order valence-electron chi connectivity index (χ3n) is 5.04. The third kappa shape index (κ3) is 3.19. The van der Waals surface area contributed by atoms with E-state index < -0.39 is 5.41 Å². The zero-order valence-electron chi connectivity index (χ0n) is 14.3. The molecule has 1 fully saturated rings. The summed E-state index contributed by atoms with van der Waals surface area (Å²) in [5.74, 6) is 2.16. The molecule has 0 unspecified atom stereocenters. The van der Waals surface area contributed by atoms with Crippen LogP contribution in [-0.4, -0.2) is 25.9 Å². The van der Waals surface area contributed by atoms with Gasteiger partial charge in [0.2, 0.25) is 12.7 Å². The van der Waals surface area contributed by atoms with E-state index in [-0.39, 0.29) is 12.7 Å². The van der Waals surface area contributed by atoms with Crippen LogP contribution >= 0.6 is 11.6 Å². The molecule has 1 amide bonds. The van der Waals surface area contributed by atoms with Gasteiger partial charge in [-0.3, -0.25) is 4.79 Å². The van der Waals surface area contributed by atoms with Gasteiger partial charge in [-0.15, -0.1) is 0 Å². The van der Waals surface area contributed by atoms with Gasteiger partial charge >= 0.3 is 0 Å². The van der Waals surface area contributed by atoms with Crippen molar-refractivity contribution in [2.75, 3.05) is 19.9 Å². The van der Waals surface area contributed by atoms with E-state index in [4.69, 9.17) is 25.8 Å². The number of fused-ring (bicyclic) bond motifs is 1. The van der Waals surface area contributed by atoms with Crippen LogP contribution in [0.4, 0.5) is 0 Å². The summed E-state index contributed by atoms with van der Waals surface area (Å²) in [7, 11) is 0. The van der Waals surface area contributed by atoms with Gasteiger partial charge in [-0.05, 0) is 42.7 Å². The molecule has 1 aliphatic carbocycles. The van der Waals surface area contributed by atoms with Crippen molar-refractivity contribution in [3.8, 4) is 17.2 Å². The summed E-state index contributed by atoms with van der Waals surface area (Å²) in [4.78, 5) is 12.8. The number of carbonyl (C=O) groups is 1. The summed E-state index contributed by atoms with van der Waals surface area (Å²) in [5.41, 5.74) is 0.603. The van der Waals surface area contributed by atoms with Crippen molar-refractivity contribution in [1.29, 1.82) is 0 Å². The highest BCUT2D eigenvalue weighted by molar-refractivity contribution is 6.30. The average Bonchev–Trinajstić information content (AvgIpc) is 3.07. The normalized spacial score (nSPS) is 16.7. The van der Waals surface area contributed by atoms with Gasteiger partial charge in [-0.2, -0.15) is 0 Å². The summed E-state index contributed by atoms with van der Waals surface area (Å²) in [5, 5.41) is 3.69. The molecule has 1 heterocycles. The number of nitrogens with one attached hydrogen (secondary N) is 1. The van der Waals surface area contributed by atoms with E-state index in [1.54, 1.807) is 6.07 Å². The maximum Gasteiger partial charge on any atom is 0.231 e. The lowest BCUT2D eigenvalue weighted by Gasteiger charge is -2.40. The number of rotatable bonds is 6. The Kier molecular flexibility index (Phi) is 4.64. The number of halogens is 1. The minimum absolute atomic E-state index is 0.0559. The van der Waals surface area contributed by atoms with Gasteiger partial charge in [0, 0.05) is 11.1 Å². The molecule has 4 rings (SSSR count). The molecule has 0 spiro atoms. The Morgan fingerprint density at radius 3 is 2.62 bits per heavy atom. The molecular formula is C20H20ClNO4. The summed E-state index contributed by atoms with van der Waals surface area (Å²) >= 11 is 5.96. The molecule has 0 saturated heterocycles. The molecule has 0 radical (unpaired) electrons. The lowest BCUT2D eigenvalue weighted by Crippen LogP contribution is -2.50. The Hall–Kier alpha value is -2.40. The van der Waals surface area contributed by atoms with Crippen molar-refractivity contribution in [1.82, 2.24) is 5.32 Å². The molecule has 0 bridgehead atoms. The number of carbonyl (C=O) groups excluding carboxylic acids is 1. The van der Waals surface area contributed by atoms with E-state index in [0.29, 0.717) is 29.7 Å². The summed E-state index contributed by atoms with van der Waals surface area (Å²) in [6, 6.07) is 13.0. The largest absolute Gasteiger partial charge is 0.492 e. The van der Waals surface area contributed by atoms with Crippen molar-refractivity contribution >= 4 is 17.5 Å². The van der Waals surface area contributed by atoms with Crippen molar-refractivity contribution in [2.24, 2.45) is 0 Å². The highest BCUT2D eigenvalue weighted by Crippen LogP contribution is 2.44. The van der Waals surface area contributed by atoms with Crippen LogP contribution in [0.25, 0.3) is 0 Å². The highest BCUT2D eigenvalue weighted by atomic mass is 35.5. The fraction of sp³-hybridized carbons (Fsp3) is 0.350. The van der Waals surface area contributed by atoms with Gasteiger partial charge in [-0.1, -0.05) is 30.2 Å². The molecular weight excluding hydrogens is 354 g/mol. The second-order valence-electron chi connectivity index (χ2n) is 6.56. The Bertz CT molecular complexity index is 802. The Balaban J connectivity index is 1.31. The lowest BCUT2D eigenvalue weighted by molar-refractivity contribution is -0.130. The van der Waals surface area contributed by atoms with Crippen molar-refractivity contribution in [3.05, 3.63) is 53.1 Å². The zero-order chi connectivity index (χ0) is 18.0. The monoisotopic (exact) mass is 373 g/mol. The Morgan fingerprint density at radius 1 is 1.12 bits per heavy atom. The maximum absolute atomic E-state index is 12.8. The lowest BCUT2D eigenvalue weighted by atomic mass is 9.64. The summed E-state index contributed by atoms with van der Waals surface area (Å²) in [6.45, 7) is 1.08. The molecule has 0 aromatic heterocycles. The maximum atomic E-state index is 12.8. The van der Waals surface area contributed by atoms with E-state index >= 15 is 0 Å². The van der Waals surface area contributed by atoms with Gasteiger partial charge in [0.15, 0.2) is 11.5 Å². The topological polar surface area (TPSA) is 56.8 Å². The molecule has 2 aliphatic rings. The van der Waals surface area contributed by atoms with Crippen molar-refractivity contribution in [2.45, 2.75) is 24.7 Å². The molecule has 6 heteroatoms. The van der Waals surface area contributed by atoms with Crippen LogP contribution in [0.2, 0.25) is 5.02 Å². The predicted octanol–water partition coefficient (Wildman–Crippen LogP) is 3.69. The number of hydrogen-bond donors (Lipinski definition) is 1. The van der Waals surface area contributed by atoms with E-state index in [1.165, 1.54) is 0 Å². The van der Waals surface area contributed by atoms with Crippen molar-refractivity contribution < 1.29 is 19.0 Å². The zero-order valence-corrected chi connectivity index (χ0v) is 15.1. The SMILES string of the molecule is O=C(NCCOc1ccc2c(c1)OCO2)C1(c2ccc(Cl)cc2)CCC1. The number of ether oxygens (including phenoxy) is 3. The first kappa shape index (κ1) is 17.0. The Morgan fingerprint density at radius 2 is 1.88 bits per heavy atom. The average molecular weight is 374 g/mol. The van der Waals surface area contributed by atoms with Gasteiger partial charge in [0.05, 0.1) is 12.0 Å². The first-order valence-corrected chi connectivity index (χ1v) is 9.12. The molecule has 1 N–H and O–H groups in total. The first-order valence-electron chi connectivity index (χ1n) is 8.74. The second kappa shape index (κ2) is 7.08. The predicted molar refractivity (Wildman–Crippen MR) is 98.1 cm³/mol. The summed E-state index contributed by atoms with van der Waals surface area (Å²) < 4.78 is 16.3. The van der Waals surface area contributed by atoms with Crippen LogP contribution in [0.1, 0.15) is 24.8 Å². The van der Waals surface area contributed by atoms with Crippen LogP contribution < -0.4 is 19.5 Å². The fourth-order valence-electron chi connectivity index (χ4n) is 3.42. The van der Waals surface area contributed by atoms with Gasteiger partial charge in [0.25, 0.3) is 0 Å². The van der Waals surface area contributed by atoms with E-state index in [2.05, 4.69) is 5.32 Å². The standard InChI is InChI=1S/C20H20ClNO4/c21-15-4-2-14(3-5-15)20(8-1-9-20)19(23)22-10-11-24-16-6-7-17-18(12-16)26-13-25-17/h2-7,12H,1,8-11,13H2,(H,22,23). The Labute approximate surface area is 157 Å². The molecule has 2 aromatic carbocycles. The number of benzene rings is 2. The van der Waals surface area contributed by atoms with Crippen molar-refractivity contribution in [3.63, 3.8) is 0 Å². The molecule has 1 aliphatic heterocycles. The van der Waals surface area contributed by atoms with Crippen LogP contribution in [-0.2, 0) is 10.2 Å².